The normalized spacial score (nSPS) is 18.5. The molecule has 1 aromatic rings. The van der Waals surface area contributed by atoms with E-state index >= 15 is 0 Å². The molecule has 1 fully saturated rings. The van der Waals surface area contributed by atoms with Crippen molar-refractivity contribution in [2.24, 2.45) is 0 Å². The number of thioether (sulfide) groups is 1. The van der Waals surface area contributed by atoms with Crippen molar-refractivity contribution in [2.75, 3.05) is 30.8 Å². The lowest BCUT2D eigenvalue weighted by Crippen LogP contribution is -2.10. The molecule has 1 saturated heterocycles. The molecular weight excluding hydrogens is 264 g/mol. The zero-order valence-corrected chi connectivity index (χ0v) is 12.2. The Kier molecular flexibility index (Phi) is 5.65. The summed E-state index contributed by atoms with van der Waals surface area (Å²) in [7, 11) is 0. The molecule has 0 saturated carbocycles. The van der Waals surface area contributed by atoms with Crippen LogP contribution >= 0.6 is 11.8 Å². The quantitative estimate of drug-likeness (QED) is 0.768. The van der Waals surface area contributed by atoms with Crippen LogP contribution in [-0.2, 0) is 4.74 Å². The van der Waals surface area contributed by atoms with Gasteiger partial charge in [-0.25, -0.2) is 0 Å². The molecule has 2 rings (SSSR count). The minimum atomic E-state index is 0.319. The first-order valence-corrected chi connectivity index (χ1v) is 7.67. The van der Waals surface area contributed by atoms with Crippen molar-refractivity contribution in [3.05, 3.63) is 0 Å². The van der Waals surface area contributed by atoms with Gasteiger partial charge in [-0.2, -0.15) is 15.0 Å². The van der Waals surface area contributed by atoms with E-state index in [9.17, 15) is 0 Å². The summed E-state index contributed by atoms with van der Waals surface area (Å²) in [5.74, 6) is 1.44. The van der Waals surface area contributed by atoms with Gasteiger partial charge in [0.1, 0.15) is 0 Å². The zero-order valence-electron chi connectivity index (χ0n) is 11.4. The van der Waals surface area contributed by atoms with Gasteiger partial charge in [0.25, 0.3) is 0 Å². The molecule has 1 unspecified atom stereocenters. The maximum absolute atomic E-state index is 5.59. The van der Waals surface area contributed by atoms with Crippen molar-refractivity contribution < 1.29 is 9.47 Å². The third-order valence-electron chi connectivity index (χ3n) is 2.63. The number of nitrogens with zero attached hydrogens (tertiary/aromatic N) is 3. The first kappa shape index (κ1) is 14.3. The summed E-state index contributed by atoms with van der Waals surface area (Å²) in [5, 5.41) is 3.77. The highest BCUT2D eigenvalue weighted by Crippen LogP contribution is 2.23. The molecule has 0 amide bonds. The molecule has 106 valence electrons. The second-order valence-corrected chi connectivity index (χ2v) is 5.12. The van der Waals surface area contributed by atoms with Gasteiger partial charge in [0.05, 0.1) is 12.7 Å². The van der Waals surface area contributed by atoms with Gasteiger partial charge in [-0.1, -0.05) is 11.8 Å². The summed E-state index contributed by atoms with van der Waals surface area (Å²) in [4.78, 5) is 12.8. The Morgan fingerprint density at radius 1 is 1.37 bits per heavy atom. The Morgan fingerprint density at radius 3 is 2.95 bits per heavy atom. The highest BCUT2D eigenvalue weighted by Gasteiger charge is 2.17. The van der Waals surface area contributed by atoms with Crippen LogP contribution in [0.1, 0.15) is 26.7 Å². The number of hydrogen-bond acceptors (Lipinski definition) is 7. The van der Waals surface area contributed by atoms with Crippen molar-refractivity contribution in [2.45, 2.75) is 37.9 Å². The van der Waals surface area contributed by atoms with Gasteiger partial charge < -0.3 is 14.8 Å². The number of rotatable bonds is 7. The predicted molar refractivity (Wildman–Crippen MR) is 74.9 cm³/mol. The molecule has 1 aromatic heterocycles. The first-order valence-electron chi connectivity index (χ1n) is 6.69. The molecule has 1 N–H and O–H groups in total. The van der Waals surface area contributed by atoms with E-state index in [1.807, 2.05) is 13.8 Å². The number of hydrogen-bond donors (Lipinski definition) is 1. The lowest BCUT2D eigenvalue weighted by atomic mass is 10.3. The smallest absolute Gasteiger partial charge is 0.322 e. The molecule has 1 aliphatic rings. The standard InChI is InChI=1S/C12H20N4O2S/c1-3-13-10-14-11(17-4-2)16-12(15-10)19-8-9-6-5-7-18-9/h9H,3-8H2,1-2H3,(H,13,14,15,16). The van der Waals surface area contributed by atoms with Gasteiger partial charge in [-0.3, -0.25) is 0 Å². The predicted octanol–water partition coefficient (Wildman–Crippen LogP) is 1.97. The fourth-order valence-electron chi connectivity index (χ4n) is 1.78. The summed E-state index contributed by atoms with van der Waals surface area (Å²) >= 11 is 1.59. The fourth-order valence-corrected chi connectivity index (χ4v) is 2.67. The Bertz CT molecular complexity index is 375. The van der Waals surface area contributed by atoms with E-state index in [1.165, 1.54) is 0 Å². The van der Waals surface area contributed by atoms with Crippen molar-refractivity contribution in [1.29, 1.82) is 0 Å². The maximum Gasteiger partial charge on any atom is 0.322 e. The average molecular weight is 284 g/mol. The largest absolute Gasteiger partial charge is 0.464 e. The van der Waals surface area contributed by atoms with Crippen LogP contribution in [0, 0.1) is 0 Å². The molecule has 0 radical (unpaired) electrons. The maximum atomic E-state index is 5.59. The SMILES string of the molecule is CCNc1nc(OCC)nc(SCC2CCCO2)n1. The highest BCUT2D eigenvalue weighted by molar-refractivity contribution is 7.99. The van der Waals surface area contributed by atoms with Gasteiger partial charge in [-0.15, -0.1) is 0 Å². The molecule has 0 spiro atoms. The van der Waals surface area contributed by atoms with E-state index < -0.39 is 0 Å². The summed E-state index contributed by atoms with van der Waals surface area (Å²) in [6.07, 6.45) is 2.59. The van der Waals surface area contributed by atoms with Crippen LogP contribution in [0.3, 0.4) is 0 Å². The third-order valence-corrected chi connectivity index (χ3v) is 3.60. The topological polar surface area (TPSA) is 69.2 Å². The molecular formula is C12H20N4O2S. The second kappa shape index (κ2) is 7.49. The molecule has 6 nitrogen and oxygen atoms in total. The average Bonchev–Trinajstić information content (AvgIpc) is 2.90. The van der Waals surface area contributed by atoms with Crippen molar-refractivity contribution in [3.63, 3.8) is 0 Å². The summed E-state index contributed by atoms with van der Waals surface area (Å²) in [5.41, 5.74) is 0. The lowest BCUT2D eigenvalue weighted by Gasteiger charge is -2.10. The van der Waals surface area contributed by atoms with Crippen molar-refractivity contribution in [1.82, 2.24) is 15.0 Å². The molecule has 19 heavy (non-hydrogen) atoms. The van der Waals surface area contributed by atoms with Gasteiger partial charge in [-0.05, 0) is 26.7 Å². The minimum absolute atomic E-state index is 0.319. The molecule has 0 bridgehead atoms. The molecule has 1 aliphatic heterocycles. The van der Waals surface area contributed by atoms with Crippen LogP contribution in [0.4, 0.5) is 5.95 Å². The minimum Gasteiger partial charge on any atom is -0.464 e. The third kappa shape index (κ3) is 4.50. The monoisotopic (exact) mass is 284 g/mol. The van der Waals surface area contributed by atoms with E-state index in [4.69, 9.17) is 9.47 Å². The van der Waals surface area contributed by atoms with Crippen LogP contribution in [0.15, 0.2) is 5.16 Å². The van der Waals surface area contributed by atoms with E-state index in [-0.39, 0.29) is 0 Å². The van der Waals surface area contributed by atoms with Crippen LogP contribution in [0.5, 0.6) is 6.01 Å². The van der Waals surface area contributed by atoms with Gasteiger partial charge in [0, 0.05) is 18.9 Å². The van der Waals surface area contributed by atoms with E-state index in [0.717, 1.165) is 31.7 Å². The summed E-state index contributed by atoms with van der Waals surface area (Å²) < 4.78 is 10.9. The molecule has 2 heterocycles. The zero-order chi connectivity index (χ0) is 13.5. The van der Waals surface area contributed by atoms with Crippen LogP contribution < -0.4 is 10.1 Å². The van der Waals surface area contributed by atoms with Crippen molar-refractivity contribution >= 4 is 17.7 Å². The van der Waals surface area contributed by atoms with Gasteiger partial charge >= 0.3 is 6.01 Å². The van der Waals surface area contributed by atoms with Crippen LogP contribution in [-0.4, -0.2) is 46.6 Å². The fraction of sp³-hybridized carbons (Fsp3) is 0.750. The Hall–Kier alpha value is -1.08. The van der Waals surface area contributed by atoms with Crippen molar-refractivity contribution in [3.8, 4) is 6.01 Å². The van der Waals surface area contributed by atoms with Crippen LogP contribution in [0.25, 0.3) is 0 Å². The number of anilines is 1. The number of ether oxygens (including phenoxy) is 2. The highest BCUT2D eigenvalue weighted by atomic mass is 32.2. The molecule has 1 atom stereocenters. The molecule has 0 aliphatic carbocycles. The molecule has 0 aromatic carbocycles. The van der Waals surface area contributed by atoms with Gasteiger partial charge in [0.15, 0.2) is 5.16 Å². The first-order chi connectivity index (χ1) is 9.31. The van der Waals surface area contributed by atoms with E-state index in [0.29, 0.717) is 29.8 Å². The van der Waals surface area contributed by atoms with Crippen LogP contribution in [0.2, 0.25) is 0 Å². The van der Waals surface area contributed by atoms with E-state index in [2.05, 4.69) is 20.3 Å². The Morgan fingerprint density at radius 2 is 2.26 bits per heavy atom. The summed E-state index contributed by atoms with van der Waals surface area (Å²) in [6.45, 7) is 6.10. The summed E-state index contributed by atoms with van der Waals surface area (Å²) in [6, 6.07) is 0.378. The molecule has 7 heteroatoms. The van der Waals surface area contributed by atoms with E-state index in [1.54, 1.807) is 11.8 Å². The second-order valence-electron chi connectivity index (χ2n) is 4.13. The number of aromatic nitrogens is 3. The Labute approximate surface area is 117 Å². The number of nitrogens with one attached hydrogen (secondary N) is 1. The van der Waals surface area contributed by atoms with Gasteiger partial charge in [0.2, 0.25) is 5.95 Å². The lowest BCUT2D eigenvalue weighted by molar-refractivity contribution is 0.129. The Balaban J connectivity index is 1.99.